The number of rotatable bonds is 4. The molecule has 0 heterocycles. The summed E-state index contributed by atoms with van der Waals surface area (Å²) in [6.45, 7) is 1.54. The Bertz CT molecular complexity index is 427. The maximum Gasteiger partial charge on any atom is 0.431 e. The molecule has 0 saturated heterocycles. The highest BCUT2D eigenvalue weighted by Gasteiger charge is 2.34. The molecule has 1 rings (SSSR count). The third-order valence-electron chi connectivity index (χ3n) is 1.91. The number of para-hydroxylation sites is 1. The lowest BCUT2D eigenvalue weighted by molar-refractivity contribution is -0.138. The van der Waals surface area contributed by atoms with Crippen molar-refractivity contribution >= 4 is 11.7 Å². The average molecular weight is 259 g/mol. The van der Waals surface area contributed by atoms with Gasteiger partial charge in [0.2, 0.25) is 0 Å². The summed E-state index contributed by atoms with van der Waals surface area (Å²) < 4.78 is 42.5. The third-order valence-corrected chi connectivity index (χ3v) is 1.91. The van der Waals surface area contributed by atoms with Crippen LogP contribution in [0.25, 0.3) is 0 Å². The Morgan fingerprint density at radius 1 is 1.33 bits per heavy atom. The van der Waals surface area contributed by atoms with E-state index in [9.17, 15) is 18.0 Å². The van der Waals surface area contributed by atoms with E-state index in [2.05, 4.69) is 10.1 Å². The van der Waals surface area contributed by atoms with Gasteiger partial charge in [0, 0.05) is 5.69 Å². The minimum absolute atomic E-state index is 0.0197. The number of nitrogens with one attached hydrogen (secondary N) is 1. The maximum atomic E-state index is 12.7. The van der Waals surface area contributed by atoms with Crippen molar-refractivity contribution in [1.82, 2.24) is 0 Å². The van der Waals surface area contributed by atoms with Crippen LogP contribution in [0.2, 0.25) is 0 Å². The Hall–Kier alpha value is -1.98. The number of carbonyl (C=O) groups is 1. The standard InChI is InChI=1S/C12H12F3NO2/c1-2-18-11(17)8-10(12(13,14)15)16-9-6-4-3-5-7-9/h3-8,16H,2H2,1H3/b10-8-. The van der Waals surface area contributed by atoms with Gasteiger partial charge in [-0.05, 0) is 19.1 Å². The fourth-order valence-corrected chi connectivity index (χ4v) is 1.17. The molecule has 1 aromatic carbocycles. The first-order valence-electron chi connectivity index (χ1n) is 5.21. The van der Waals surface area contributed by atoms with Crippen LogP contribution in [0, 0.1) is 0 Å². The lowest BCUT2D eigenvalue weighted by atomic mass is 10.3. The molecule has 1 aromatic rings. The van der Waals surface area contributed by atoms with Gasteiger partial charge in [0.25, 0.3) is 0 Å². The lowest BCUT2D eigenvalue weighted by Gasteiger charge is -2.13. The number of hydrogen-bond acceptors (Lipinski definition) is 3. The molecule has 0 atom stereocenters. The van der Waals surface area contributed by atoms with Crippen molar-refractivity contribution in [1.29, 1.82) is 0 Å². The summed E-state index contributed by atoms with van der Waals surface area (Å²) in [4.78, 5) is 11.1. The molecule has 0 amide bonds. The molecular weight excluding hydrogens is 247 g/mol. The number of allylic oxidation sites excluding steroid dienone is 1. The molecule has 0 aliphatic heterocycles. The van der Waals surface area contributed by atoms with Gasteiger partial charge in [-0.3, -0.25) is 0 Å². The SMILES string of the molecule is CCOC(=O)/C=C(\Nc1ccccc1)C(F)(F)F. The quantitative estimate of drug-likeness (QED) is 0.667. The van der Waals surface area contributed by atoms with Gasteiger partial charge in [0.15, 0.2) is 0 Å². The molecule has 18 heavy (non-hydrogen) atoms. The number of halogens is 3. The van der Waals surface area contributed by atoms with E-state index in [0.29, 0.717) is 6.08 Å². The van der Waals surface area contributed by atoms with E-state index in [1.807, 2.05) is 0 Å². The van der Waals surface area contributed by atoms with E-state index >= 15 is 0 Å². The number of carbonyl (C=O) groups excluding carboxylic acids is 1. The minimum atomic E-state index is -4.65. The molecule has 1 N–H and O–H groups in total. The van der Waals surface area contributed by atoms with Crippen LogP contribution in [-0.4, -0.2) is 18.8 Å². The van der Waals surface area contributed by atoms with Gasteiger partial charge < -0.3 is 10.1 Å². The first kappa shape index (κ1) is 14.1. The predicted molar refractivity (Wildman–Crippen MR) is 60.8 cm³/mol. The van der Waals surface area contributed by atoms with Crippen molar-refractivity contribution in [2.24, 2.45) is 0 Å². The topological polar surface area (TPSA) is 38.3 Å². The lowest BCUT2D eigenvalue weighted by Crippen LogP contribution is -2.21. The monoisotopic (exact) mass is 259 g/mol. The largest absolute Gasteiger partial charge is 0.463 e. The van der Waals surface area contributed by atoms with Crippen LogP contribution in [0.4, 0.5) is 18.9 Å². The molecule has 0 aliphatic rings. The van der Waals surface area contributed by atoms with E-state index in [1.54, 1.807) is 18.2 Å². The smallest absolute Gasteiger partial charge is 0.431 e. The van der Waals surface area contributed by atoms with Gasteiger partial charge in [0.05, 0.1) is 12.7 Å². The summed E-state index contributed by atoms with van der Waals surface area (Å²) in [7, 11) is 0. The summed E-state index contributed by atoms with van der Waals surface area (Å²) >= 11 is 0. The zero-order valence-electron chi connectivity index (χ0n) is 9.62. The fourth-order valence-electron chi connectivity index (χ4n) is 1.17. The van der Waals surface area contributed by atoms with Crippen LogP contribution >= 0.6 is 0 Å². The summed E-state index contributed by atoms with van der Waals surface area (Å²) in [6, 6.07) is 7.77. The van der Waals surface area contributed by atoms with E-state index in [-0.39, 0.29) is 12.3 Å². The van der Waals surface area contributed by atoms with E-state index in [0.717, 1.165) is 0 Å². The van der Waals surface area contributed by atoms with E-state index in [4.69, 9.17) is 0 Å². The van der Waals surface area contributed by atoms with Crippen molar-refractivity contribution in [2.45, 2.75) is 13.1 Å². The van der Waals surface area contributed by atoms with Crippen molar-refractivity contribution in [3.63, 3.8) is 0 Å². The second-order valence-electron chi connectivity index (χ2n) is 3.30. The maximum absolute atomic E-state index is 12.7. The summed E-state index contributed by atoms with van der Waals surface area (Å²) in [5.41, 5.74) is -0.919. The molecule has 0 fully saturated rings. The van der Waals surface area contributed by atoms with Crippen molar-refractivity contribution in [3.8, 4) is 0 Å². The molecule has 0 saturated carbocycles. The number of anilines is 1. The number of benzene rings is 1. The van der Waals surface area contributed by atoms with Crippen LogP contribution in [0.15, 0.2) is 42.1 Å². The average Bonchev–Trinajstić information content (AvgIpc) is 2.28. The highest BCUT2D eigenvalue weighted by atomic mass is 19.4. The van der Waals surface area contributed by atoms with Gasteiger partial charge in [-0.2, -0.15) is 13.2 Å². The Morgan fingerprint density at radius 2 is 1.94 bits per heavy atom. The number of esters is 1. The van der Waals surface area contributed by atoms with E-state index in [1.165, 1.54) is 19.1 Å². The summed E-state index contributed by atoms with van der Waals surface area (Å²) in [5.74, 6) is -1.03. The van der Waals surface area contributed by atoms with Crippen LogP contribution in [0.3, 0.4) is 0 Å². The second-order valence-corrected chi connectivity index (χ2v) is 3.30. The first-order chi connectivity index (χ1) is 8.43. The second kappa shape index (κ2) is 6.09. The molecule has 0 aromatic heterocycles. The third kappa shape index (κ3) is 4.48. The molecule has 3 nitrogen and oxygen atoms in total. The van der Waals surface area contributed by atoms with Gasteiger partial charge >= 0.3 is 12.1 Å². The highest BCUT2D eigenvalue weighted by molar-refractivity contribution is 5.83. The number of ether oxygens (including phenoxy) is 1. The zero-order chi connectivity index (χ0) is 13.6. The predicted octanol–water partition coefficient (Wildman–Crippen LogP) is 3.11. The number of hydrogen-bond donors (Lipinski definition) is 1. The molecule has 0 unspecified atom stereocenters. The molecule has 6 heteroatoms. The van der Waals surface area contributed by atoms with Gasteiger partial charge in [-0.1, -0.05) is 18.2 Å². The number of alkyl halides is 3. The zero-order valence-corrected chi connectivity index (χ0v) is 9.62. The molecule has 98 valence electrons. The molecule has 0 spiro atoms. The van der Waals surface area contributed by atoms with Gasteiger partial charge in [-0.25, -0.2) is 4.79 Å². The minimum Gasteiger partial charge on any atom is -0.463 e. The normalized spacial score (nSPS) is 12.1. The summed E-state index contributed by atoms with van der Waals surface area (Å²) in [6.07, 6.45) is -4.25. The Morgan fingerprint density at radius 3 is 2.44 bits per heavy atom. The Labute approximate surface area is 102 Å². The fraction of sp³-hybridized carbons (Fsp3) is 0.250. The molecular formula is C12H12F3NO2. The Kier molecular flexibility index (Phi) is 4.76. The Balaban J connectivity index is 2.90. The summed E-state index contributed by atoms with van der Waals surface area (Å²) in [5, 5.41) is 2.14. The van der Waals surface area contributed by atoms with Gasteiger partial charge in [0.1, 0.15) is 5.70 Å². The van der Waals surface area contributed by atoms with Crippen LogP contribution in [-0.2, 0) is 9.53 Å². The van der Waals surface area contributed by atoms with Crippen molar-refractivity contribution in [2.75, 3.05) is 11.9 Å². The van der Waals surface area contributed by atoms with E-state index < -0.39 is 17.8 Å². The van der Waals surface area contributed by atoms with Crippen molar-refractivity contribution < 1.29 is 22.7 Å². The molecule has 0 radical (unpaired) electrons. The van der Waals surface area contributed by atoms with Crippen molar-refractivity contribution in [3.05, 3.63) is 42.1 Å². The first-order valence-corrected chi connectivity index (χ1v) is 5.21. The highest BCUT2D eigenvalue weighted by Crippen LogP contribution is 2.26. The molecule has 0 aliphatic carbocycles. The van der Waals surface area contributed by atoms with Crippen LogP contribution < -0.4 is 5.32 Å². The van der Waals surface area contributed by atoms with Crippen LogP contribution in [0.5, 0.6) is 0 Å². The van der Waals surface area contributed by atoms with Crippen LogP contribution in [0.1, 0.15) is 6.92 Å². The van der Waals surface area contributed by atoms with Gasteiger partial charge in [-0.15, -0.1) is 0 Å². The molecule has 0 bridgehead atoms.